The maximum atomic E-state index is 10.5. The first kappa shape index (κ1) is 10.9. The van der Waals surface area contributed by atoms with E-state index in [2.05, 4.69) is 4.74 Å². The van der Waals surface area contributed by atoms with Gasteiger partial charge in [-0.05, 0) is 6.42 Å². The summed E-state index contributed by atoms with van der Waals surface area (Å²) in [5.41, 5.74) is 0. The number of aliphatic carboxylic acids is 1. The molecule has 0 heterocycles. The van der Waals surface area contributed by atoms with E-state index in [0.29, 0.717) is 6.42 Å². The number of ether oxygens (including phenoxy) is 1. The van der Waals surface area contributed by atoms with Crippen molar-refractivity contribution in [2.75, 3.05) is 6.61 Å². The van der Waals surface area contributed by atoms with Crippen molar-refractivity contribution >= 4 is 11.9 Å². The van der Waals surface area contributed by atoms with E-state index in [1.54, 1.807) is 0 Å². The minimum Gasteiger partial charge on any atom is -0.481 e. The third-order valence-electron chi connectivity index (χ3n) is 1.47. The Morgan fingerprint density at radius 2 is 2.08 bits per heavy atom. The molecule has 1 atom stereocenters. The van der Waals surface area contributed by atoms with Gasteiger partial charge in [0.15, 0.2) is 0 Å². The molecule has 0 saturated carbocycles. The van der Waals surface area contributed by atoms with Crippen molar-refractivity contribution in [2.45, 2.75) is 26.7 Å². The van der Waals surface area contributed by atoms with Crippen LogP contribution in [0, 0.1) is 5.92 Å². The molecule has 0 aliphatic carbocycles. The van der Waals surface area contributed by atoms with Crippen LogP contribution >= 0.6 is 0 Å². The van der Waals surface area contributed by atoms with Crippen LogP contribution in [-0.2, 0) is 14.3 Å². The summed E-state index contributed by atoms with van der Waals surface area (Å²) in [5.74, 6) is -1.89. The highest BCUT2D eigenvalue weighted by atomic mass is 16.5. The van der Waals surface area contributed by atoms with Crippen molar-refractivity contribution < 1.29 is 19.4 Å². The van der Waals surface area contributed by atoms with Crippen LogP contribution < -0.4 is 0 Å². The zero-order valence-corrected chi connectivity index (χ0v) is 7.37. The molecule has 0 spiro atoms. The van der Waals surface area contributed by atoms with E-state index in [4.69, 9.17) is 5.11 Å². The van der Waals surface area contributed by atoms with E-state index < -0.39 is 17.9 Å². The van der Waals surface area contributed by atoms with Gasteiger partial charge in [-0.25, -0.2) is 0 Å². The van der Waals surface area contributed by atoms with Crippen LogP contribution in [0.15, 0.2) is 0 Å². The van der Waals surface area contributed by atoms with Crippen LogP contribution in [0.4, 0.5) is 0 Å². The fourth-order valence-electron chi connectivity index (χ4n) is 0.845. The molecule has 0 aromatic rings. The first-order valence-corrected chi connectivity index (χ1v) is 3.94. The average Bonchev–Trinajstić information content (AvgIpc) is 1.96. The second-order valence-electron chi connectivity index (χ2n) is 2.63. The zero-order valence-electron chi connectivity index (χ0n) is 7.37. The summed E-state index contributed by atoms with van der Waals surface area (Å²) in [5, 5.41) is 8.63. The van der Waals surface area contributed by atoms with E-state index in [0.717, 1.165) is 6.42 Å². The predicted molar refractivity (Wildman–Crippen MR) is 42.7 cm³/mol. The van der Waals surface area contributed by atoms with Crippen molar-refractivity contribution in [3.8, 4) is 0 Å². The fourth-order valence-corrected chi connectivity index (χ4v) is 0.845. The Labute approximate surface area is 71.5 Å². The molecular formula is C8H14O4. The lowest BCUT2D eigenvalue weighted by Gasteiger charge is -2.09. The molecule has 4 nitrogen and oxygen atoms in total. The SMILES string of the molecule is CCCC(COC(C)=O)C(=O)O. The van der Waals surface area contributed by atoms with Gasteiger partial charge in [0.05, 0.1) is 5.92 Å². The van der Waals surface area contributed by atoms with E-state index in [-0.39, 0.29) is 6.61 Å². The van der Waals surface area contributed by atoms with Gasteiger partial charge in [-0.3, -0.25) is 9.59 Å². The Balaban J connectivity index is 3.79. The standard InChI is InChI=1S/C8H14O4/c1-3-4-7(8(10)11)5-12-6(2)9/h7H,3-5H2,1-2H3,(H,10,11). The van der Waals surface area contributed by atoms with Crippen LogP contribution in [0.1, 0.15) is 26.7 Å². The van der Waals surface area contributed by atoms with Crippen molar-refractivity contribution in [3.05, 3.63) is 0 Å². The summed E-state index contributed by atoms with van der Waals surface area (Å²) in [6, 6.07) is 0. The maximum absolute atomic E-state index is 10.5. The summed E-state index contributed by atoms with van der Waals surface area (Å²) >= 11 is 0. The first-order chi connectivity index (χ1) is 5.57. The highest BCUT2D eigenvalue weighted by Gasteiger charge is 2.17. The largest absolute Gasteiger partial charge is 0.481 e. The van der Waals surface area contributed by atoms with Crippen molar-refractivity contribution in [1.82, 2.24) is 0 Å². The topological polar surface area (TPSA) is 63.6 Å². The van der Waals surface area contributed by atoms with E-state index >= 15 is 0 Å². The molecule has 0 aliphatic heterocycles. The number of rotatable bonds is 5. The van der Waals surface area contributed by atoms with Gasteiger partial charge in [-0.15, -0.1) is 0 Å². The number of carbonyl (C=O) groups is 2. The molecule has 0 aromatic heterocycles. The molecule has 0 radical (unpaired) electrons. The molecule has 1 unspecified atom stereocenters. The highest BCUT2D eigenvalue weighted by Crippen LogP contribution is 2.06. The van der Waals surface area contributed by atoms with Crippen molar-refractivity contribution in [2.24, 2.45) is 5.92 Å². The minimum absolute atomic E-state index is 0.0154. The molecule has 0 saturated heterocycles. The summed E-state index contributed by atoms with van der Waals surface area (Å²) in [7, 11) is 0. The minimum atomic E-state index is -0.905. The molecule has 0 amide bonds. The van der Waals surface area contributed by atoms with Crippen LogP contribution in [0.2, 0.25) is 0 Å². The van der Waals surface area contributed by atoms with Crippen LogP contribution in [0.25, 0.3) is 0 Å². The predicted octanol–water partition coefficient (Wildman–Crippen LogP) is 1.05. The van der Waals surface area contributed by atoms with E-state index in [1.807, 2.05) is 6.92 Å². The number of hydrogen-bond donors (Lipinski definition) is 1. The lowest BCUT2D eigenvalue weighted by atomic mass is 10.1. The third kappa shape index (κ3) is 4.71. The lowest BCUT2D eigenvalue weighted by molar-refractivity contribution is -0.149. The Morgan fingerprint density at radius 3 is 2.42 bits per heavy atom. The van der Waals surface area contributed by atoms with Gasteiger partial charge >= 0.3 is 11.9 Å². The fraction of sp³-hybridized carbons (Fsp3) is 0.750. The smallest absolute Gasteiger partial charge is 0.309 e. The van der Waals surface area contributed by atoms with Gasteiger partial charge in [0.2, 0.25) is 0 Å². The third-order valence-corrected chi connectivity index (χ3v) is 1.47. The van der Waals surface area contributed by atoms with Gasteiger partial charge in [-0.2, -0.15) is 0 Å². The Kier molecular flexibility index (Phi) is 5.08. The van der Waals surface area contributed by atoms with E-state index in [9.17, 15) is 9.59 Å². The molecule has 0 bridgehead atoms. The van der Waals surface area contributed by atoms with Crippen molar-refractivity contribution in [3.63, 3.8) is 0 Å². The molecule has 0 rings (SSSR count). The van der Waals surface area contributed by atoms with Crippen LogP contribution in [0.3, 0.4) is 0 Å². The molecule has 0 aliphatic rings. The summed E-state index contributed by atoms with van der Waals surface area (Å²) in [6.45, 7) is 3.15. The molecule has 1 N–H and O–H groups in total. The van der Waals surface area contributed by atoms with Gasteiger partial charge in [0.1, 0.15) is 6.61 Å². The molecular weight excluding hydrogens is 160 g/mol. The lowest BCUT2D eigenvalue weighted by Crippen LogP contribution is -2.20. The van der Waals surface area contributed by atoms with Gasteiger partial charge in [0.25, 0.3) is 0 Å². The monoisotopic (exact) mass is 174 g/mol. The van der Waals surface area contributed by atoms with Crippen molar-refractivity contribution in [1.29, 1.82) is 0 Å². The molecule has 70 valence electrons. The number of hydrogen-bond acceptors (Lipinski definition) is 3. The summed E-state index contributed by atoms with van der Waals surface area (Å²) in [6.07, 6.45) is 1.32. The maximum Gasteiger partial charge on any atom is 0.309 e. The normalized spacial score (nSPS) is 12.2. The molecule has 12 heavy (non-hydrogen) atoms. The Bertz CT molecular complexity index is 164. The molecule has 0 fully saturated rings. The summed E-state index contributed by atoms with van der Waals surface area (Å²) in [4.78, 5) is 20.9. The van der Waals surface area contributed by atoms with Gasteiger partial charge < -0.3 is 9.84 Å². The number of esters is 1. The second kappa shape index (κ2) is 5.57. The number of carboxylic acids is 1. The average molecular weight is 174 g/mol. The van der Waals surface area contributed by atoms with Gasteiger partial charge in [-0.1, -0.05) is 13.3 Å². The van der Waals surface area contributed by atoms with Crippen LogP contribution in [0.5, 0.6) is 0 Å². The van der Waals surface area contributed by atoms with Gasteiger partial charge in [0, 0.05) is 6.92 Å². The first-order valence-electron chi connectivity index (χ1n) is 3.94. The second-order valence-corrected chi connectivity index (χ2v) is 2.63. The number of carbonyl (C=O) groups excluding carboxylic acids is 1. The van der Waals surface area contributed by atoms with Crippen LogP contribution in [-0.4, -0.2) is 23.7 Å². The number of carboxylic acid groups (broad SMARTS) is 1. The Morgan fingerprint density at radius 1 is 1.50 bits per heavy atom. The highest BCUT2D eigenvalue weighted by molar-refractivity contribution is 5.71. The zero-order chi connectivity index (χ0) is 9.56. The quantitative estimate of drug-likeness (QED) is 0.633. The Hall–Kier alpha value is -1.06. The molecule has 0 aromatic carbocycles. The molecule has 4 heteroatoms. The summed E-state index contributed by atoms with van der Waals surface area (Å²) < 4.78 is 4.60. The van der Waals surface area contributed by atoms with E-state index in [1.165, 1.54) is 6.92 Å².